The molecule has 0 atom stereocenters. The predicted octanol–water partition coefficient (Wildman–Crippen LogP) is 3.16. The van der Waals surface area contributed by atoms with Crippen LogP contribution in [-0.2, 0) is 4.79 Å². The van der Waals surface area contributed by atoms with Crippen molar-refractivity contribution < 1.29 is 14.3 Å². The molecule has 0 aliphatic heterocycles. The minimum absolute atomic E-state index is 0.157. The molecular weight excluding hydrogens is 328 g/mol. The predicted molar refractivity (Wildman–Crippen MR) is 103 cm³/mol. The molecule has 5 nitrogen and oxygen atoms in total. The molecule has 0 saturated heterocycles. The van der Waals surface area contributed by atoms with E-state index in [2.05, 4.69) is 17.2 Å². The van der Waals surface area contributed by atoms with Crippen LogP contribution in [0.4, 0.5) is 0 Å². The van der Waals surface area contributed by atoms with Gasteiger partial charge in [0.2, 0.25) is 0 Å². The van der Waals surface area contributed by atoms with E-state index in [1.165, 1.54) is 0 Å². The van der Waals surface area contributed by atoms with Gasteiger partial charge in [0.15, 0.2) is 0 Å². The molecule has 0 aromatic heterocycles. The molecule has 2 amide bonds. The third-order valence-electron chi connectivity index (χ3n) is 3.44. The molecule has 0 aliphatic rings. The van der Waals surface area contributed by atoms with E-state index >= 15 is 0 Å². The summed E-state index contributed by atoms with van der Waals surface area (Å²) in [5.74, 6) is 0.00948. The highest BCUT2D eigenvalue weighted by molar-refractivity contribution is 6.05. The van der Waals surface area contributed by atoms with Crippen molar-refractivity contribution in [3.05, 3.63) is 84.1 Å². The van der Waals surface area contributed by atoms with Crippen molar-refractivity contribution in [1.29, 1.82) is 0 Å². The zero-order chi connectivity index (χ0) is 18.8. The first-order chi connectivity index (χ1) is 12.6. The van der Waals surface area contributed by atoms with Gasteiger partial charge in [0, 0.05) is 12.1 Å². The van der Waals surface area contributed by atoms with Crippen LogP contribution in [-0.4, -0.2) is 25.0 Å². The highest BCUT2D eigenvalue weighted by Crippen LogP contribution is 2.14. The number of carbonyl (C=O) groups is 2. The average molecular weight is 350 g/mol. The molecule has 0 unspecified atom stereocenters. The Balaban J connectivity index is 2.23. The highest BCUT2D eigenvalue weighted by Gasteiger charge is 2.14. The van der Waals surface area contributed by atoms with Crippen LogP contribution in [0.1, 0.15) is 22.8 Å². The number of ether oxygens (including phenoxy) is 1. The van der Waals surface area contributed by atoms with E-state index in [0.717, 1.165) is 11.3 Å². The third-order valence-corrected chi connectivity index (χ3v) is 3.44. The first-order valence-corrected chi connectivity index (χ1v) is 8.34. The monoisotopic (exact) mass is 350 g/mol. The number of hydrogen-bond donors (Lipinski definition) is 2. The zero-order valence-corrected chi connectivity index (χ0v) is 14.7. The second kappa shape index (κ2) is 9.84. The fourth-order valence-electron chi connectivity index (χ4n) is 2.20. The van der Waals surface area contributed by atoms with Gasteiger partial charge in [-0.05, 0) is 42.8 Å². The van der Waals surface area contributed by atoms with Gasteiger partial charge in [-0.3, -0.25) is 9.59 Å². The summed E-state index contributed by atoms with van der Waals surface area (Å²) in [5, 5.41) is 5.35. The average Bonchev–Trinajstić information content (AvgIpc) is 2.68. The summed E-state index contributed by atoms with van der Waals surface area (Å²) in [5.41, 5.74) is 1.40. The number of rotatable bonds is 8. The lowest BCUT2D eigenvalue weighted by atomic mass is 10.1. The molecule has 5 heteroatoms. The molecule has 2 rings (SSSR count). The van der Waals surface area contributed by atoms with Crippen molar-refractivity contribution in [2.75, 3.05) is 13.2 Å². The summed E-state index contributed by atoms with van der Waals surface area (Å²) in [4.78, 5) is 24.8. The molecule has 0 heterocycles. The zero-order valence-electron chi connectivity index (χ0n) is 14.7. The maximum Gasteiger partial charge on any atom is 0.268 e. The quantitative estimate of drug-likeness (QED) is 0.568. The Morgan fingerprint density at radius 3 is 2.38 bits per heavy atom. The van der Waals surface area contributed by atoms with Crippen LogP contribution in [0.5, 0.6) is 5.75 Å². The Labute approximate surface area is 153 Å². The molecule has 0 radical (unpaired) electrons. The minimum Gasteiger partial charge on any atom is -0.494 e. The molecule has 134 valence electrons. The normalized spacial score (nSPS) is 10.7. The molecule has 2 N–H and O–H groups in total. The van der Waals surface area contributed by atoms with Gasteiger partial charge in [-0.1, -0.05) is 36.4 Å². The van der Waals surface area contributed by atoms with E-state index in [4.69, 9.17) is 4.74 Å². The molecule has 0 fully saturated rings. The van der Waals surface area contributed by atoms with Crippen LogP contribution in [0.15, 0.2) is 72.9 Å². The lowest BCUT2D eigenvalue weighted by Gasteiger charge is -2.10. The Hall–Kier alpha value is -3.34. The Kier molecular flexibility index (Phi) is 7.18. The van der Waals surface area contributed by atoms with E-state index in [9.17, 15) is 9.59 Å². The Morgan fingerprint density at radius 2 is 1.77 bits per heavy atom. The SMILES string of the molecule is C=CCNC(=O)/C(=C\c1ccc(OCC)cc1)NC(=O)c1ccccc1. The number of hydrogen-bond acceptors (Lipinski definition) is 3. The van der Waals surface area contributed by atoms with Crippen molar-refractivity contribution >= 4 is 17.9 Å². The number of nitrogens with one attached hydrogen (secondary N) is 2. The largest absolute Gasteiger partial charge is 0.494 e. The van der Waals surface area contributed by atoms with Crippen molar-refractivity contribution in [2.24, 2.45) is 0 Å². The first kappa shape index (κ1) is 19.0. The Morgan fingerprint density at radius 1 is 1.08 bits per heavy atom. The summed E-state index contributed by atoms with van der Waals surface area (Å²) in [7, 11) is 0. The maximum absolute atomic E-state index is 12.4. The van der Waals surface area contributed by atoms with Crippen LogP contribution in [0.2, 0.25) is 0 Å². The minimum atomic E-state index is -0.386. The molecular formula is C21H22N2O3. The van der Waals surface area contributed by atoms with Crippen molar-refractivity contribution in [1.82, 2.24) is 10.6 Å². The van der Waals surface area contributed by atoms with E-state index in [0.29, 0.717) is 18.7 Å². The van der Waals surface area contributed by atoms with Gasteiger partial charge < -0.3 is 15.4 Å². The second-order valence-electron chi connectivity index (χ2n) is 5.38. The molecule has 26 heavy (non-hydrogen) atoms. The van der Waals surface area contributed by atoms with Crippen LogP contribution < -0.4 is 15.4 Å². The van der Waals surface area contributed by atoms with Crippen LogP contribution in [0.3, 0.4) is 0 Å². The van der Waals surface area contributed by atoms with Crippen molar-refractivity contribution in [2.45, 2.75) is 6.92 Å². The number of amides is 2. The van der Waals surface area contributed by atoms with Gasteiger partial charge in [0.05, 0.1) is 6.61 Å². The molecule has 0 bridgehead atoms. The maximum atomic E-state index is 12.4. The van der Waals surface area contributed by atoms with Gasteiger partial charge >= 0.3 is 0 Å². The summed E-state index contributed by atoms with van der Waals surface area (Å²) in [6.45, 7) is 6.37. The molecule has 0 aliphatic carbocycles. The van der Waals surface area contributed by atoms with Gasteiger partial charge in [-0.2, -0.15) is 0 Å². The summed E-state index contributed by atoms with van der Waals surface area (Å²) >= 11 is 0. The van der Waals surface area contributed by atoms with E-state index < -0.39 is 0 Å². The molecule has 0 saturated carbocycles. The first-order valence-electron chi connectivity index (χ1n) is 8.34. The van der Waals surface area contributed by atoms with Crippen LogP contribution in [0, 0.1) is 0 Å². The van der Waals surface area contributed by atoms with Gasteiger partial charge in [-0.25, -0.2) is 0 Å². The molecule has 2 aromatic rings. The van der Waals surface area contributed by atoms with E-state index in [-0.39, 0.29) is 17.5 Å². The highest BCUT2D eigenvalue weighted by atomic mass is 16.5. The number of carbonyl (C=O) groups excluding carboxylic acids is 2. The van der Waals surface area contributed by atoms with Gasteiger partial charge in [0.25, 0.3) is 11.8 Å². The summed E-state index contributed by atoms with van der Waals surface area (Å²) in [6.07, 6.45) is 3.19. The van der Waals surface area contributed by atoms with Crippen molar-refractivity contribution in [3.8, 4) is 5.75 Å². The number of benzene rings is 2. The summed E-state index contributed by atoms with van der Waals surface area (Å²) < 4.78 is 5.41. The topological polar surface area (TPSA) is 67.4 Å². The molecule has 0 spiro atoms. The van der Waals surface area contributed by atoms with Gasteiger partial charge in [0.1, 0.15) is 11.4 Å². The summed E-state index contributed by atoms with van der Waals surface area (Å²) in [6, 6.07) is 16.0. The molecule has 2 aromatic carbocycles. The van der Waals surface area contributed by atoms with E-state index in [1.807, 2.05) is 37.3 Å². The van der Waals surface area contributed by atoms with Crippen LogP contribution >= 0.6 is 0 Å². The smallest absolute Gasteiger partial charge is 0.268 e. The fourth-order valence-corrected chi connectivity index (χ4v) is 2.20. The van der Waals surface area contributed by atoms with E-state index in [1.54, 1.807) is 36.4 Å². The van der Waals surface area contributed by atoms with Gasteiger partial charge in [-0.15, -0.1) is 6.58 Å². The lowest BCUT2D eigenvalue weighted by Crippen LogP contribution is -2.34. The standard InChI is InChI=1S/C21H22N2O3/c1-3-14-22-21(25)19(23-20(24)17-8-6-5-7-9-17)15-16-10-12-18(13-11-16)26-4-2/h3,5-13,15H,1,4,14H2,2H3,(H,22,25)(H,23,24)/b19-15+. The lowest BCUT2D eigenvalue weighted by molar-refractivity contribution is -0.117. The Bertz CT molecular complexity index is 781. The van der Waals surface area contributed by atoms with Crippen LogP contribution in [0.25, 0.3) is 6.08 Å². The fraction of sp³-hybridized carbons (Fsp3) is 0.143. The second-order valence-corrected chi connectivity index (χ2v) is 5.38. The third kappa shape index (κ3) is 5.63. The van der Waals surface area contributed by atoms with Crippen molar-refractivity contribution in [3.63, 3.8) is 0 Å².